The standard InChI is InChI=1S/C13H24N2O3/c1-9(2)11(16)14-10-6-7-15(8-10)12(17)18-13(3,4)5/h9-10H,6-8H2,1-5H3,(H,14,16)/t10-/m0/s1. The summed E-state index contributed by atoms with van der Waals surface area (Å²) in [4.78, 5) is 25.0. The summed E-state index contributed by atoms with van der Waals surface area (Å²) >= 11 is 0. The molecule has 0 radical (unpaired) electrons. The summed E-state index contributed by atoms with van der Waals surface area (Å²) in [6, 6.07) is 0.0485. The minimum Gasteiger partial charge on any atom is -0.444 e. The molecule has 18 heavy (non-hydrogen) atoms. The van der Waals surface area contributed by atoms with Crippen molar-refractivity contribution in [1.82, 2.24) is 10.2 Å². The fraction of sp³-hybridized carbons (Fsp3) is 0.846. The molecule has 1 aliphatic rings. The highest BCUT2D eigenvalue weighted by molar-refractivity contribution is 5.78. The fourth-order valence-electron chi connectivity index (χ4n) is 1.74. The molecule has 1 N–H and O–H groups in total. The molecule has 0 unspecified atom stereocenters. The Morgan fingerprint density at radius 2 is 1.94 bits per heavy atom. The summed E-state index contributed by atoms with van der Waals surface area (Å²) in [6.45, 7) is 10.4. The van der Waals surface area contributed by atoms with Crippen molar-refractivity contribution in [2.24, 2.45) is 5.92 Å². The molecule has 1 rings (SSSR count). The van der Waals surface area contributed by atoms with Crippen LogP contribution in [0.3, 0.4) is 0 Å². The Hall–Kier alpha value is -1.26. The number of likely N-dealkylation sites (tertiary alicyclic amines) is 1. The lowest BCUT2D eigenvalue weighted by Crippen LogP contribution is -2.41. The van der Waals surface area contributed by atoms with Crippen LogP contribution in [0.25, 0.3) is 0 Å². The Labute approximate surface area is 109 Å². The van der Waals surface area contributed by atoms with Crippen LogP contribution in [0.1, 0.15) is 41.0 Å². The third kappa shape index (κ3) is 4.55. The second-order valence-corrected chi connectivity index (χ2v) is 6.08. The van der Waals surface area contributed by atoms with Crippen LogP contribution in [0, 0.1) is 5.92 Å². The predicted octanol–water partition coefficient (Wildman–Crippen LogP) is 1.77. The summed E-state index contributed by atoms with van der Waals surface area (Å²) in [5.41, 5.74) is -0.476. The van der Waals surface area contributed by atoms with Crippen molar-refractivity contribution in [2.45, 2.75) is 52.7 Å². The van der Waals surface area contributed by atoms with Crippen molar-refractivity contribution >= 4 is 12.0 Å². The molecule has 1 saturated heterocycles. The smallest absolute Gasteiger partial charge is 0.410 e. The summed E-state index contributed by atoms with van der Waals surface area (Å²) in [5, 5.41) is 2.94. The number of carbonyl (C=O) groups excluding carboxylic acids is 2. The largest absolute Gasteiger partial charge is 0.444 e. The van der Waals surface area contributed by atoms with Crippen molar-refractivity contribution in [1.29, 1.82) is 0 Å². The van der Waals surface area contributed by atoms with Gasteiger partial charge in [-0.2, -0.15) is 0 Å². The van der Waals surface area contributed by atoms with E-state index in [9.17, 15) is 9.59 Å². The zero-order valence-corrected chi connectivity index (χ0v) is 11.9. The number of hydrogen-bond donors (Lipinski definition) is 1. The molecule has 104 valence electrons. The average molecular weight is 256 g/mol. The normalized spacial score (nSPS) is 20.1. The maximum absolute atomic E-state index is 11.8. The summed E-state index contributed by atoms with van der Waals surface area (Å²) in [5.74, 6) is 0.00613. The lowest BCUT2D eigenvalue weighted by Gasteiger charge is -2.24. The Morgan fingerprint density at radius 3 is 2.44 bits per heavy atom. The van der Waals surface area contributed by atoms with Gasteiger partial charge in [0.25, 0.3) is 0 Å². The summed E-state index contributed by atoms with van der Waals surface area (Å²) < 4.78 is 5.30. The maximum Gasteiger partial charge on any atom is 0.410 e. The van der Waals surface area contributed by atoms with Gasteiger partial charge in [0.05, 0.1) is 0 Å². The van der Waals surface area contributed by atoms with Crippen molar-refractivity contribution in [3.05, 3.63) is 0 Å². The highest BCUT2D eigenvalue weighted by atomic mass is 16.6. The predicted molar refractivity (Wildman–Crippen MR) is 69.2 cm³/mol. The number of nitrogens with one attached hydrogen (secondary N) is 1. The lowest BCUT2D eigenvalue weighted by atomic mass is 10.2. The molecule has 5 nitrogen and oxygen atoms in total. The lowest BCUT2D eigenvalue weighted by molar-refractivity contribution is -0.124. The van der Waals surface area contributed by atoms with Gasteiger partial charge >= 0.3 is 6.09 Å². The number of rotatable bonds is 2. The van der Waals surface area contributed by atoms with E-state index in [0.29, 0.717) is 13.1 Å². The molecular weight excluding hydrogens is 232 g/mol. The van der Waals surface area contributed by atoms with E-state index in [-0.39, 0.29) is 24.0 Å². The first-order chi connectivity index (χ1) is 8.19. The molecule has 0 aliphatic carbocycles. The van der Waals surface area contributed by atoms with Crippen LogP contribution in [0.5, 0.6) is 0 Å². The average Bonchev–Trinajstić information content (AvgIpc) is 2.63. The van der Waals surface area contributed by atoms with Crippen molar-refractivity contribution in [3.8, 4) is 0 Å². The number of nitrogens with zero attached hydrogens (tertiary/aromatic N) is 1. The van der Waals surface area contributed by atoms with Crippen LogP contribution >= 0.6 is 0 Å². The van der Waals surface area contributed by atoms with E-state index < -0.39 is 5.60 Å². The second kappa shape index (κ2) is 5.59. The van der Waals surface area contributed by atoms with Crippen LogP contribution < -0.4 is 5.32 Å². The van der Waals surface area contributed by atoms with Gasteiger partial charge in [-0.15, -0.1) is 0 Å². The van der Waals surface area contributed by atoms with Gasteiger partial charge in [0, 0.05) is 25.0 Å². The monoisotopic (exact) mass is 256 g/mol. The SMILES string of the molecule is CC(C)C(=O)N[C@H]1CCN(C(=O)OC(C)(C)C)C1. The van der Waals surface area contributed by atoms with Crippen LogP contribution in [0.15, 0.2) is 0 Å². The Bertz CT molecular complexity index is 321. The van der Waals surface area contributed by atoms with Crippen molar-refractivity contribution in [3.63, 3.8) is 0 Å². The molecule has 0 aromatic rings. The highest BCUT2D eigenvalue weighted by Gasteiger charge is 2.30. The van der Waals surface area contributed by atoms with E-state index in [2.05, 4.69) is 5.32 Å². The molecule has 0 aromatic carbocycles. The van der Waals surface area contributed by atoms with Gasteiger partial charge in [-0.05, 0) is 27.2 Å². The van der Waals surface area contributed by atoms with Crippen LogP contribution in [-0.4, -0.2) is 41.6 Å². The van der Waals surface area contributed by atoms with Crippen molar-refractivity contribution < 1.29 is 14.3 Å². The first kappa shape index (κ1) is 14.8. The zero-order valence-electron chi connectivity index (χ0n) is 11.9. The Balaban J connectivity index is 2.42. The minimum absolute atomic E-state index is 0.0272. The molecule has 1 atom stereocenters. The van der Waals surface area contributed by atoms with Crippen LogP contribution in [0.4, 0.5) is 4.79 Å². The first-order valence-corrected chi connectivity index (χ1v) is 6.47. The van der Waals surface area contributed by atoms with Gasteiger partial charge in [0.15, 0.2) is 0 Å². The van der Waals surface area contributed by atoms with E-state index in [1.807, 2.05) is 34.6 Å². The number of carbonyl (C=O) groups is 2. The van der Waals surface area contributed by atoms with Gasteiger partial charge in [0.1, 0.15) is 5.60 Å². The van der Waals surface area contributed by atoms with Gasteiger partial charge < -0.3 is 15.0 Å². The molecule has 0 bridgehead atoms. The molecule has 2 amide bonds. The van der Waals surface area contributed by atoms with E-state index in [1.165, 1.54) is 0 Å². The van der Waals surface area contributed by atoms with E-state index in [1.54, 1.807) is 4.90 Å². The molecule has 0 aromatic heterocycles. The fourth-order valence-corrected chi connectivity index (χ4v) is 1.74. The van der Waals surface area contributed by atoms with E-state index in [4.69, 9.17) is 4.74 Å². The second-order valence-electron chi connectivity index (χ2n) is 6.08. The molecule has 1 aliphatic heterocycles. The molecule has 0 spiro atoms. The molecule has 1 heterocycles. The summed E-state index contributed by atoms with van der Waals surface area (Å²) in [6.07, 6.45) is 0.487. The molecular formula is C13H24N2O3. The summed E-state index contributed by atoms with van der Waals surface area (Å²) in [7, 11) is 0. The maximum atomic E-state index is 11.8. The third-order valence-corrected chi connectivity index (χ3v) is 2.71. The topological polar surface area (TPSA) is 58.6 Å². The highest BCUT2D eigenvalue weighted by Crippen LogP contribution is 2.15. The van der Waals surface area contributed by atoms with Gasteiger partial charge in [-0.1, -0.05) is 13.8 Å². The number of hydrogen-bond acceptors (Lipinski definition) is 3. The molecule has 1 fully saturated rings. The third-order valence-electron chi connectivity index (χ3n) is 2.71. The Kier molecular flexibility index (Phi) is 4.59. The van der Waals surface area contributed by atoms with Gasteiger partial charge in [-0.3, -0.25) is 4.79 Å². The zero-order chi connectivity index (χ0) is 13.9. The van der Waals surface area contributed by atoms with Crippen LogP contribution in [0.2, 0.25) is 0 Å². The van der Waals surface area contributed by atoms with E-state index in [0.717, 1.165) is 6.42 Å². The van der Waals surface area contributed by atoms with Gasteiger partial charge in [0.2, 0.25) is 5.91 Å². The number of ether oxygens (including phenoxy) is 1. The molecule has 0 saturated carbocycles. The van der Waals surface area contributed by atoms with Crippen LogP contribution in [-0.2, 0) is 9.53 Å². The minimum atomic E-state index is -0.476. The Morgan fingerprint density at radius 1 is 1.33 bits per heavy atom. The quantitative estimate of drug-likeness (QED) is 0.819. The van der Waals surface area contributed by atoms with E-state index >= 15 is 0 Å². The first-order valence-electron chi connectivity index (χ1n) is 6.47. The molecule has 5 heteroatoms. The van der Waals surface area contributed by atoms with Crippen molar-refractivity contribution in [2.75, 3.05) is 13.1 Å². The van der Waals surface area contributed by atoms with Gasteiger partial charge in [-0.25, -0.2) is 4.79 Å². The number of amides is 2.